The van der Waals surface area contributed by atoms with Gasteiger partial charge in [0.05, 0.1) is 0 Å². The lowest BCUT2D eigenvalue weighted by Crippen LogP contribution is -2.47. The molecule has 0 aromatic carbocycles. The number of amides is 1. The van der Waals surface area contributed by atoms with Gasteiger partial charge in [0.25, 0.3) is 0 Å². The first-order valence-corrected chi connectivity index (χ1v) is 7.78. The number of alkyl carbamates (subject to hydrolysis) is 1. The maximum Gasteiger partial charge on any atom is 0.407 e. The molecule has 0 aromatic rings. The van der Waals surface area contributed by atoms with Crippen molar-refractivity contribution in [2.24, 2.45) is 5.73 Å². The fourth-order valence-electron chi connectivity index (χ4n) is 2.40. The molecular formula is C15H31N3O2. The van der Waals surface area contributed by atoms with Crippen LogP contribution in [0.3, 0.4) is 0 Å². The molecule has 20 heavy (non-hydrogen) atoms. The van der Waals surface area contributed by atoms with E-state index >= 15 is 0 Å². The molecule has 118 valence electrons. The molecule has 1 saturated carbocycles. The summed E-state index contributed by atoms with van der Waals surface area (Å²) in [6, 6.07) is 1.01. The van der Waals surface area contributed by atoms with Gasteiger partial charge < -0.3 is 21.1 Å². The quantitative estimate of drug-likeness (QED) is 0.723. The zero-order chi connectivity index (χ0) is 15.2. The van der Waals surface area contributed by atoms with Crippen LogP contribution in [-0.2, 0) is 4.74 Å². The Labute approximate surface area is 123 Å². The van der Waals surface area contributed by atoms with E-state index in [9.17, 15) is 4.79 Å². The third-order valence-electron chi connectivity index (χ3n) is 3.64. The van der Waals surface area contributed by atoms with Crippen LogP contribution in [0.2, 0.25) is 0 Å². The molecule has 0 aliphatic heterocycles. The summed E-state index contributed by atoms with van der Waals surface area (Å²) in [6.45, 7) is 8.47. The number of ether oxygens (including phenoxy) is 1. The van der Waals surface area contributed by atoms with Crippen molar-refractivity contribution < 1.29 is 9.53 Å². The van der Waals surface area contributed by atoms with Crippen LogP contribution in [0.1, 0.15) is 59.8 Å². The van der Waals surface area contributed by atoms with Gasteiger partial charge in [0.15, 0.2) is 0 Å². The van der Waals surface area contributed by atoms with Crippen molar-refractivity contribution in [3.8, 4) is 0 Å². The molecule has 0 radical (unpaired) electrons. The molecule has 1 amide bonds. The molecule has 1 unspecified atom stereocenters. The summed E-state index contributed by atoms with van der Waals surface area (Å²) < 4.78 is 5.28. The van der Waals surface area contributed by atoms with Crippen LogP contribution in [0, 0.1) is 0 Å². The van der Waals surface area contributed by atoms with Crippen molar-refractivity contribution in [1.29, 1.82) is 0 Å². The second kappa shape index (κ2) is 7.84. The summed E-state index contributed by atoms with van der Waals surface area (Å²) in [5, 5.41) is 6.46. The average Bonchev–Trinajstić information content (AvgIpc) is 2.34. The van der Waals surface area contributed by atoms with E-state index in [0.29, 0.717) is 12.1 Å². The van der Waals surface area contributed by atoms with E-state index in [1.807, 2.05) is 20.8 Å². The Morgan fingerprint density at radius 2 is 1.90 bits per heavy atom. The van der Waals surface area contributed by atoms with Crippen LogP contribution in [0.5, 0.6) is 0 Å². The Morgan fingerprint density at radius 1 is 1.30 bits per heavy atom. The van der Waals surface area contributed by atoms with Crippen molar-refractivity contribution in [2.45, 2.75) is 83.5 Å². The van der Waals surface area contributed by atoms with Gasteiger partial charge in [-0.2, -0.15) is 0 Å². The van der Waals surface area contributed by atoms with E-state index in [0.717, 1.165) is 38.6 Å². The second-order valence-corrected chi connectivity index (χ2v) is 6.77. The smallest absolute Gasteiger partial charge is 0.407 e. The van der Waals surface area contributed by atoms with Gasteiger partial charge in [-0.05, 0) is 52.9 Å². The lowest BCUT2D eigenvalue weighted by atomic mass is 9.91. The topological polar surface area (TPSA) is 76.4 Å². The summed E-state index contributed by atoms with van der Waals surface area (Å²) in [7, 11) is 0. The van der Waals surface area contributed by atoms with Crippen LogP contribution >= 0.6 is 0 Å². The van der Waals surface area contributed by atoms with E-state index in [-0.39, 0.29) is 12.1 Å². The van der Waals surface area contributed by atoms with E-state index in [1.165, 1.54) is 0 Å². The van der Waals surface area contributed by atoms with Gasteiger partial charge in [-0.3, -0.25) is 0 Å². The third-order valence-corrected chi connectivity index (χ3v) is 3.64. The third kappa shape index (κ3) is 7.10. The molecule has 0 heterocycles. The van der Waals surface area contributed by atoms with Gasteiger partial charge in [-0.1, -0.05) is 6.92 Å². The summed E-state index contributed by atoms with van der Waals surface area (Å²) in [6.07, 6.45) is 4.99. The predicted molar refractivity (Wildman–Crippen MR) is 81.7 cm³/mol. The van der Waals surface area contributed by atoms with Gasteiger partial charge in [0.1, 0.15) is 5.60 Å². The zero-order valence-corrected chi connectivity index (χ0v) is 13.4. The Bertz CT molecular complexity index is 294. The molecule has 5 nitrogen and oxygen atoms in total. The molecule has 4 N–H and O–H groups in total. The van der Waals surface area contributed by atoms with E-state index < -0.39 is 5.60 Å². The molecule has 1 rings (SSSR count). The number of hydrogen-bond donors (Lipinski definition) is 3. The number of nitrogens with one attached hydrogen (secondary N) is 2. The molecule has 1 fully saturated rings. The predicted octanol–water partition coefficient (Wildman–Crippen LogP) is 2.15. The first-order chi connectivity index (χ1) is 9.30. The van der Waals surface area contributed by atoms with Gasteiger partial charge in [-0.25, -0.2) is 4.79 Å². The van der Waals surface area contributed by atoms with Crippen molar-refractivity contribution in [1.82, 2.24) is 10.6 Å². The largest absolute Gasteiger partial charge is 0.444 e. The van der Waals surface area contributed by atoms with Crippen molar-refractivity contribution in [3.05, 3.63) is 0 Å². The van der Waals surface area contributed by atoms with Crippen molar-refractivity contribution in [2.75, 3.05) is 6.54 Å². The van der Waals surface area contributed by atoms with Crippen LogP contribution in [0.4, 0.5) is 4.79 Å². The summed E-state index contributed by atoms with van der Waals surface area (Å²) in [4.78, 5) is 11.7. The highest BCUT2D eigenvalue weighted by molar-refractivity contribution is 5.68. The lowest BCUT2D eigenvalue weighted by Gasteiger charge is -2.29. The molecule has 1 atom stereocenters. The van der Waals surface area contributed by atoms with E-state index in [4.69, 9.17) is 10.5 Å². The normalized spacial score (nSPS) is 25.1. The highest BCUT2D eigenvalue weighted by Gasteiger charge is 2.21. The molecule has 1 aliphatic rings. The van der Waals surface area contributed by atoms with Crippen LogP contribution in [0.25, 0.3) is 0 Å². The van der Waals surface area contributed by atoms with E-state index in [1.54, 1.807) is 0 Å². The Balaban J connectivity index is 2.27. The number of nitrogens with two attached hydrogens (primary N) is 1. The molecule has 0 spiro atoms. The standard InChI is InChI=1S/C15H31N3O2/c1-5-12(18-14(19)20-15(2,3)4)10-17-13-8-6-11(16)7-9-13/h11-13,17H,5-10,16H2,1-4H3,(H,18,19). The monoisotopic (exact) mass is 285 g/mol. The fourth-order valence-corrected chi connectivity index (χ4v) is 2.40. The lowest BCUT2D eigenvalue weighted by molar-refractivity contribution is 0.0501. The SMILES string of the molecule is CCC(CNC1CCC(N)CC1)NC(=O)OC(C)(C)C. The molecule has 0 aromatic heterocycles. The van der Waals surface area contributed by atoms with E-state index in [2.05, 4.69) is 17.6 Å². The summed E-state index contributed by atoms with van der Waals surface area (Å²) in [5.74, 6) is 0. The molecule has 0 saturated heterocycles. The summed E-state index contributed by atoms with van der Waals surface area (Å²) in [5.41, 5.74) is 5.45. The number of hydrogen-bond acceptors (Lipinski definition) is 4. The Kier molecular flexibility index (Phi) is 6.76. The highest BCUT2D eigenvalue weighted by Crippen LogP contribution is 2.16. The van der Waals surface area contributed by atoms with Crippen molar-refractivity contribution in [3.63, 3.8) is 0 Å². The minimum atomic E-state index is -0.449. The average molecular weight is 285 g/mol. The molecule has 5 heteroatoms. The summed E-state index contributed by atoms with van der Waals surface area (Å²) >= 11 is 0. The maximum absolute atomic E-state index is 11.7. The maximum atomic E-state index is 11.7. The first-order valence-electron chi connectivity index (χ1n) is 7.78. The molecule has 1 aliphatic carbocycles. The minimum absolute atomic E-state index is 0.112. The van der Waals surface area contributed by atoms with Gasteiger partial charge in [0, 0.05) is 24.7 Å². The Morgan fingerprint density at radius 3 is 2.40 bits per heavy atom. The van der Waals surface area contributed by atoms with Crippen LogP contribution < -0.4 is 16.4 Å². The number of carbonyl (C=O) groups is 1. The molecular weight excluding hydrogens is 254 g/mol. The Hall–Kier alpha value is -0.810. The van der Waals surface area contributed by atoms with Crippen molar-refractivity contribution >= 4 is 6.09 Å². The number of rotatable bonds is 5. The second-order valence-electron chi connectivity index (χ2n) is 6.77. The van der Waals surface area contributed by atoms with Crippen LogP contribution in [-0.4, -0.2) is 36.4 Å². The number of carbonyl (C=O) groups excluding carboxylic acids is 1. The molecule has 0 bridgehead atoms. The van der Waals surface area contributed by atoms with Crippen LogP contribution in [0.15, 0.2) is 0 Å². The first kappa shape index (κ1) is 17.2. The van der Waals surface area contributed by atoms with Gasteiger partial charge in [0.2, 0.25) is 0 Å². The highest BCUT2D eigenvalue weighted by atomic mass is 16.6. The minimum Gasteiger partial charge on any atom is -0.444 e. The zero-order valence-electron chi connectivity index (χ0n) is 13.4. The fraction of sp³-hybridized carbons (Fsp3) is 0.933. The van der Waals surface area contributed by atoms with Gasteiger partial charge in [-0.15, -0.1) is 0 Å². The van der Waals surface area contributed by atoms with Gasteiger partial charge >= 0.3 is 6.09 Å².